The minimum absolute atomic E-state index is 0.0785. The van der Waals surface area contributed by atoms with Gasteiger partial charge in [-0.3, -0.25) is 9.59 Å². The first-order chi connectivity index (χ1) is 16.5. The summed E-state index contributed by atoms with van der Waals surface area (Å²) in [5.41, 5.74) is 3.60. The smallest absolute Gasteiger partial charge is 0.253 e. The van der Waals surface area contributed by atoms with Crippen molar-refractivity contribution in [3.63, 3.8) is 0 Å². The number of likely N-dealkylation sites (tertiary alicyclic amines) is 1. The molecule has 2 amide bonds. The van der Waals surface area contributed by atoms with Crippen molar-refractivity contribution < 1.29 is 19.1 Å². The van der Waals surface area contributed by atoms with Crippen LogP contribution in [0.4, 0.5) is 0 Å². The number of para-hydroxylation sites is 1. The molecule has 0 spiro atoms. The molecule has 1 heterocycles. The summed E-state index contributed by atoms with van der Waals surface area (Å²) in [6.07, 6.45) is 0. The summed E-state index contributed by atoms with van der Waals surface area (Å²) in [5.74, 6) is 0.393. The van der Waals surface area contributed by atoms with Gasteiger partial charge < -0.3 is 19.7 Å². The van der Waals surface area contributed by atoms with Gasteiger partial charge in [-0.05, 0) is 30.7 Å². The maximum atomic E-state index is 13.4. The second kappa shape index (κ2) is 10.4. The summed E-state index contributed by atoms with van der Waals surface area (Å²) < 4.78 is 11.2. The molecule has 0 bridgehead atoms. The van der Waals surface area contributed by atoms with Gasteiger partial charge in [-0.15, -0.1) is 0 Å². The van der Waals surface area contributed by atoms with Crippen LogP contribution in [-0.2, 0) is 11.3 Å². The molecule has 0 aromatic heterocycles. The van der Waals surface area contributed by atoms with E-state index in [1.165, 1.54) is 0 Å². The molecule has 1 N–H and O–H groups in total. The molecule has 6 nitrogen and oxygen atoms in total. The van der Waals surface area contributed by atoms with Crippen molar-refractivity contribution in [2.75, 3.05) is 27.3 Å². The molecule has 1 aliphatic heterocycles. The number of amides is 2. The quantitative estimate of drug-likeness (QED) is 0.577. The summed E-state index contributed by atoms with van der Waals surface area (Å²) in [6.45, 7) is 3.17. The van der Waals surface area contributed by atoms with Crippen LogP contribution in [0.2, 0.25) is 0 Å². The Balaban J connectivity index is 1.62. The number of rotatable bonds is 7. The summed E-state index contributed by atoms with van der Waals surface area (Å²) in [4.78, 5) is 28.4. The van der Waals surface area contributed by atoms with Gasteiger partial charge in [-0.1, -0.05) is 60.2 Å². The molecule has 1 fully saturated rings. The molecule has 3 aromatic rings. The zero-order chi connectivity index (χ0) is 24.1. The highest BCUT2D eigenvalue weighted by Gasteiger charge is 2.42. The Morgan fingerprint density at radius 3 is 2.32 bits per heavy atom. The van der Waals surface area contributed by atoms with Gasteiger partial charge in [-0.25, -0.2) is 0 Å². The molecule has 2 atom stereocenters. The summed E-state index contributed by atoms with van der Waals surface area (Å²) in [5, 5.41) is 3.06. The fourth-order valence-corrected chi connectivity index (χ4v) is 4.55. The second-order valence-corrected chi connectivity index (χ2v) is 8.58. The van der Waals surface area contributed by atoms with Crippen molar-refractivity contribution in [3.8, 4) is 11.5 Å². The maximum Gasteiger partial charge on any atom is 0.253 e. The van der Waals surface area contributed by atoms with Crippen molar-refractivity contribution in [1.29, 1.82) is 0 Å². The van der Waals surface area contributed by atoms with Gasteiger partial charge in [0.2, 0.25) is 5.91 Å². The van der Waals surface area contributed by atoms with E-state index in [0.717, 1.165) is 16.7 Å². The molecular formula is C28H30N2O4. The minimum atomic E-state index is -0.417. The van der Waals surface area contributed by atoms with Crippen LogP contribution in [0.15, 0.2) is 72.8 Å². The van der Waals surface area contributed by atoms with Gasteiger partial charge in [0, 0.05) is 36.7 Å². The highest BCUT2D eigenvalue weighted by molar-refractivity contribution is 5.95. The number of aryl methyl sites for hydroxylation is 1. The number of hydrogen-bond donors (Lipinski definition) is 1. The zero-order valence-corrected chi connectivity index (χ0v) is 19.8. The summed E-state index contributed by atoms with van der Waals surface area (Å²) in [6, 6.07) is 23.0. The van der Waals surface area contributed by atoms with Crippen LogP contribution >= 0.6 is 0 Å². The monoisotopic (exact) mass is 458 g/mol. The number of ether oxygens (including phenoxy) is 2. The normalized spacial score (nSPS) is 17.3. The predicted molar refractivity (Wildman–Crippen MR) is 131 cm³/mol. The van der Waals surface area contributed by atoms with E-state index >= 15 is 0 Å². The molecule has 0 radical (unpaired) electrons. The first kappa shape index (κ1) is 23.4. The number of nitrogens with zero attached hydrogens (tertiary/aromatic N) is 1. The van der Waals surface area contributed by atoms with Crippen LogP contribution < -0.4 is 14.8 Å². The molecule has 1 aliphatic rings. The lowest BCUT2D eigenvalue weighted by Gasteiger charge is -2.21. The van der Waals surface area contributed by atoms with Gasteiger partial charge in [0.05, 0.1) is 20.1 Å². The topological polar surface area (TPSA) is 67.9 Å². The van der Waals surface area contributed by atoms with Crippen molar-refractivity contribution in [2.24, 2.45) is 5.92 Å². The average molecular weight is 459 g/mol. The van der Waals surface area contributed by atoms with E-state index in [2.05, 4.69) is 5.32 Å². The highest BCUT2D eigenvalue weighted by atomic mass is 16.5. The van der Waals surface area contributed by atoms with E-state index in [0.29, 0.717) is 36.7 Å². The van der Waals surface area contributed by atoms with Gasteiger partial charge >= 0.3 is 0 Å². The van der Waals surface area contributed by atoms with Crippen molar-refractivity contribution in [3.05, 3.63) is 95.1 Å². The Kier molecular flexibility index (Phi) is 7.16. The third kappa shape index (κ3) is 4.91. The first-order valence-corrected chi connectivity index (χ1v) is 11.4. The standard InChI is InChI=1S/C28H30N2O4/c1-19-12-14-21(15-13-19)28(32)30-17-23(22-10-7-11-25(33-2)26(22)34-3)24(18-30)27(31)29-16-20-8-5-4-6-9-20/h4-15,23-24H,16-18H2,1-3H3,(H,29,31)/t23-,24-/m1/s1. The lowest BCUT2D eigenvalue weighted by atomic mass is 9.87. The second-order valence-electron chi connectivity index (χ2n) is 8.58. The van der Waals surface area contributed by atoms with Crippen LogP contribution in [0.25, 0.3) is 0 Å². The molecule has 4 rings (SSSR count). The maximum absolute atomic E-state index is 13.4. The Labute approximate surface area is 200 Å². The molecular weight excluding hydrogens is 428 g/mol. The van der Waals surface area contributed by atoms with Gasteiger partial charge in [0.1, 0.15) is 0 Å². The first-order valence-electron chi connectivity index (χ1n) is 11.4. The van der Waals surface area contributed by atoms with E-state index < -0.39 is 5.92 Å². The molecule has 6 heteroatoms. The SMILES string of the molecule is COc1cccc([C@H]2CN(C(=O)c3ccc(C)cc3)C[C@H]2C(=O)NCc2ccccc2)c1OC. The number of carbonyl (C=O) groups excluding carboxylic acids is 2. The van der Waals surface area contributed by atoms with Crippen molar-refractivity contribution in [1.82, 2.24) is 10.2 Å². The van der Waals surface area contributed by atoms with Crippen LogP contribution in [0, 0.1) is 12.8 Å². The van der Waals surface area contributed by atoms with E-state index in [4.69, 9.17) is 9.47 Å². The Bertz CT molecular complexity index is 1140. The highest BCUT2D eigenvalue weighted by Crippen LogP contribution is 2.42. The molecule has 176 valence electrons. The fraction of sp³-hybridized carbons (Fsp3) is 0.286. The van der Waals surface area contributed by atoms with E-state index in [9.17, 15) is 9.59 Å². The Morgan fingerprint density at radius 2 is 1.65 bits per heavy atom. The number of nitrogens with one attached hydrogen (secondary N) is 1. The van der Waals surface area contributed by atoms with Crippen molar-refractivity contribution in [2.45, 2.75) is 19.4 Å². The molecule has 34 heavy (non-hydrogen) atoms. The lowest BCUT2D eigenvalue weighted by molar-refractivity contribution is -0.125. The average Bonchev–Trinajstić information content (AvgIpc) is 3.32. The molecule has 1 saturated heterocycles. The van der Waals surface area contributed by atoms with Gasteiger partial charge in [0.25, 0.3) is 5.91 Å². The predicted octanol–water partition coefficient (Wildman–Crippen LogP) is 4.18. The fourth-order valence-electron chi connectivity index (χ4n) is 4.55. The third-order valence-corrected chi connectivity index (χ3v) is 6.38. The summed E-state index contributed by atoms with van der Waals surface area (Å²) >= 11 is 0. The van der Waals surface area contributed by atoms with E-state index in [-0.39, 0.29) is 17.7 Å². The molecule has 3 aromatic carbocycles. The van der Waals surface area contributed by atoms with Crippen LogP contribution in [0.1, 0.15) is 33.0 Å². The summed E-state index contributed by atoms with van der Waals surface area (Å²) in [7, 11) is 3.18. The van der Waals surface area contributed by atoms with Crippen LogP contribution in [0.5, 0.6) is 11.5 Å². The largest absolute Gasteiger partial charge is 0.493 e. The lowest BCUT2D eigenvalue weighted by Crippen LogP contribution is -2.35. The Hall–Kier alpha value is -3.80. The number of carbonyl (C=O) groups is 2. The number of benzene rings is 3. The van der Waals surface area contributed by atoms with Crippen molar-refractivity contribution >= 4 is 11.8 Å². The zero-order valence-electron chi connectivity index (χ0n) is 19.8. The Morgan fingerprint density at radius 1 is 0.912 bits per heavy atom. The third-order valence-electron chi connectivity index (χ3n) is 6.38. The van der Waals surface area contributed by atoms with Crippen LogP contribution in [0.3, 0.4) is 0 Å². The minimum Gasteiger partial charge on any atom is -0.493 e. The number of methoxy groups -OCH3 is 2. The van der Waals surface area contributed by atoms with Crippen LogP contribution in [-0.4, -0.2) is 44.0 Å². The molecule has 0 saturated carbocycles. The van der Waals surface area contributed by atoms with E-state index in [1.807, 2.05) is 79.7 Å². The van der Waals surface area contributed by atoms with E-state index in [1.54, 1.807) is 19.1 Å². The number of hydrogen-bond acceptors (Lipinski definition) is 4. The van der Waals surface area contributed by atoms with Gasteiger partial charge in [-0.2, -0.15) is 0 Å². The molecule has 0 unspecified atom stereocenters. The molecule has 0 aliphatic carbocycles. The van der Waals surface area contributed by atoms with Gasteiger partial charge in [0.15, 0.2) is 11.5 Å².